The number of fused-ring (bicyclic) bond motifs is 1. The van der Waals surface area contributed by atoms with Gasteiger partial charge >= 0.3 is 0 Å². The topological polar surface area (TPSA) is 96.0 Å². The van der Waals surface area contributed by atoms with E-state index in [1.165, 1.54) is 18.4 Å². The van der Waals surface area contributed by atoms with Gasteiger partial charge in [0.05, 0.1) is 11.1 Å². The summed E-state index contributed by atoms with van der Waals surface area (Å²) in [5.74, 6) is -0.248. The molecule has 0 spiro atoms. The van der Waals surface area contributed by atoms with E-state index in [2.05, 4.69) is 36.2 Å². The third-order valence-electron chi connectivity index (χ3n) is 7.83. The zero-order valence-corrected chi connectivity index (χ0v) is 21.4. The predicted octanol–water partition coefficient (Wildman–Crippen LogP) is 3.53. The van der Waals surface area contributed by atoms with E-state index in [-0.39, 0.29) is 30.6 Å². The molecule has 2 fully saturated rings. The maximum absolute atomic E-state index is 13.2. The molecule has 0 bridgehead atoms. The van der Waals surface area contributed by atoms with Crippen molar-refractivity contribution >= 4 is 23.6 Å². The van der Waals surface area contributed by atoms with E-state index in [0.29, 0.717) is 5.75 Å². The van der Waals surface area contributed by atoms with Crippen LogP contribution in [-0.2, 0) is 22.7 Å². The van der Waals surface area contributed by atoms with Gasteiger partial charge in [0, 0.05) is 13.0 Å². The second-order valence-corrected chi connectivity index (χ2v) is 10.6. The van der Waals surface area contributed by atoms with Gasteiger partial charge < -0.3 is 4.74 Å². The first-order valence-corrected chi connectivity index (χ1v) is 13.1. The van der Waals surface area contributed by atoms with E-state index in [4.69, 9.17) is 4.74 Å². The van der Waals surface area contributed by atoms with Gasteiger partial charge in [0.15, 0.2) is 0 Å². The summed E-state index contributed by atoms with van der Waals surface area (Å²) in [4.78, 5) is 53.5. The number of nitrogens with zero attached hydrogens (tertiary/aromatic N) is 2. The minimum absolute atomic E-state index is 0.0827. The first-order valence-electron chi connectivity index (χ1n) is 13.1. The predicted molar refractivity (Wildman–Crippen MR) is 137 cm³/mol. The molecule has 194 valence electrons. The van der Waals surface area contributed by atoms with E-state index in [1.807, 2.05) is 12.1 Å². The summed E-state index contributed by atoms with van der Waals surface area (Å²) < 4.78 is 5.99. The standard InChI is InChI=1S/C29H33N3O5/c1-18(2)21-12-14-31(15-13-21)16-19-6-8-20(9-7-19)17-37-24-5-3-4-22-26(24)29(36)32(28(22)35)23-10-11-25(33)30-27(23)34/h3-9,18,21,23H,10-17H2,1-2H3,(H,30,33,34). The lowest BCUT2D eigenvalue weighted by Crippen LogP contribution is -2.54. The lowest BCUT2D eigenvalue weighted by molar-refractivity contribution is -0.136. The summed E-state index contributed by atoms with van der Waals surface area (Å²) >= 11 is 0. The largest absolute Gasteiger partial charge is 0.488 e. The summed E-state index contributed by atoms with van der Waals surface area (Å²) in [6.45, 7) is 8.08. The zero-order chi connectivity index (χ0) is 26.1. The molecule has 3 aliphatic rings. The number of carbonyl (C=O) groups excluding carboxylic acids is 4. The second-order valence-electron chi connectivity index (χ2n) is 10.6. The van der Waals surface area contributed by atoms with Crippen molar-refractivity contribution in [1.29, 1.82) is 0 Å². The van der Waals surface area contributed by atoms with Gasteiger partial charge in [-0.15, -0.1) is 0 Å². The first-order chi connectivity index (χ1) is 17.8. The van der Waals surface area contributed by atoms with E-state index < -0.39 is 29.7 Å². The van der Waals surface area contributed by atoms with Crippen molar-refractivity contribution in [3.8, 4) is 5.75 Å². The number of hydrogen-bond donors (Lipinski definition) is 1. The Bertz CT molecular complexity index is 1210. The van der Waals surface area contributed by atoms with Gasteiger partial charge in [0.25, 0.3) is 11.8 Å². The summed E-state index contributed by atoms with van der Waals surface area (Å²) in [5, 5.41) is 2.21. The van der Waals surface area contributed by atoms with Crippen LogP contribution in [0, 0.1) is 11.8 Å². The zero-order valence-electron chi connectivity index (χ0n) is 21.4. The van der Waals surface area contributed by atoms with Gasteiger partial charge in [-0.25, -0.2) is 0 Å². The number of imide groups is 2. The Balaban J connectivity index is 1.22. The molecule has 1 atom stereocenters. The fourth-order valence-electron chi connectivity index (χ4n) is 5.54. The van der Waals surface area contributed by atoms with Crippen LogP contribution in [0.4, 0.5) is 0 Å². The SMILES string of the molecule is CC(C)C1CCN(Cc2ccc(COc3cccc4c3C(=O)N(C3CCC(=O)NC3=O)C4=O)cc2)CC1. The number of piperidine rings is 2. The Morgan fingerprint density at radius 3 is 2.30 bits per heavy atom. The van der Waals surface area contributed by atoms with Gasteiger partial charge in [0.1, 0.15) is 18.4 Å². The fourth-order valence-corrected chi connectivity index (χ4v) is 5.54. The van der Waals surface area contributed by atoms with Crippen molar-refractivity contribution in [2.45, 2.75) is 58.7 Å². The van der Waals surface area contributed by atoms with Crippen molar-refractivity contribution in [3.63, 3.8) is 0 Å². The molecule has 0 saturated carbocycles. The van der Waals surface area contributed by atoms with Gasteiger partial charge in [-0.1, -0.05) is 44.2 Å². The maximum Gasteiger partial charge on any atom is 0.266 e. The Morgan fingerprint density at radius 1 is 0.919 bits per heavy atom. The molecule has 8 nitrogen and oxygen atoms in total. The first kappa shape index (κ1) is 25.1. The van der Waals surface area contributed by atoms with Crippen molar-refractivity contribution in [1.82, 2.24) is 15.1 Å². The molecule has 1 unspecified atom stereocenters. The van der Waals surface area contributed by atoms with Crippen molar-refractivity contribution < 1.29 is 23.9 Å². The highest BCUT2D eigenvalue weighted by molar-refractivity contribution is 6.24. The van der Waals surface area contributed by atoms with Crippen LogP contribution in [0.3, 0.4) is 0 Å². The summed E-state index contributed by atoms with van der Waals surface area (Å²) in [6.07, 6.45) is 2.72. The minimum Gasteiger partial charge on any atom is -0.488 e. The molecule has 3 aliphatic heterocycles. The Labute approximate surface area is 217 Å². The molecule has 0 radical (unpaired) electrons. The van der Waals surface area contributed by atoms with E-state index in [9.17, 15) is 19.2 Å². The molecule has 2 aromatic carbocycles. The van der Waals surface area contributed by atoms with E-state index in [0.717, 1.165) is 41.9 Å². The molecule has 3 heterocycles. The van der Waals surface area contributed by atoms with Gasteiger partial charge in [-0.3, -0.25) is 34.3 Å². The third-order valence-corrected chi connectivity index (χ3v) is 7.83. The second kappa shape index (κ2) is 10.5. The number of rotatable bonds is 7. The van der Waals surface area contributed by atoms with Crippen LogP contribution in [0.2, 0.25) is 0 Å². The average Bonchev–Trinajstić information content (AvgIpc) is 3.14. The van der Waals surface area contributed by atoms with Crippen LogP contribution < -0.4 is 10.1 Å². The fraction of sp³-hybridized carbons (Fsp3) is 0.448. The minimum atomic E-state index is -0.998. The lowest BCUT2D eigenvalue weighted by Gasteiger charge is -2.33. The Hall–Kier alpha value is -3.52. The summed E-state index contributed by atoms with van der Waals surface area (Å²) in [7, 11) is 0. The summed E-state index contributed by atoms with van der Waals surface area (Å²) in [6, 6.07) is 12.2. The summed E-state index contributed by atoms with van der Waals surface area (Å²) in [5.41, 5.74) is 2.59. The highest BCUT2D eigenvalue weighted by Gasteiger charge is 2.46. The number of ether oxygens (including phenoxy) is 1. The van der Waals surface area contributed by atoms with E-state index >= 15 is 0 Å². The van der Waals surface area contributed by atoms with Gasteiger partial charge in [-0.2, -0.15) is 0 Å². The molecule has 0 aliphatic carbocycles. The van der Waals surface area contributed by atoms with Crippen LogP contribution in [-0.4, -0.2) is 52.6 Å². The lowest BCUT2D eigenvalue weighted by atomic mass is 9.86. The smallest absolute Gasteiger partial charge is 0.266 e. The Morgan fingerprint density at radius 2 is 1.62 bits per heavy atom. The van der Waals surface area contributed by atoms with Crippen molar-refractivity contribution in [2.24, 2.45) is 11.8 Å². The molecule has 4 amide bonds. The molecular formula is C29H33N3O5. The number of amides is 4. The van der Waals surface area contributed by atoms with Crippen LogP contribution in [0.1, 0.15) is 71.4 Å². The number of hydrogen-bond acceptors (Lipinski definition) is 6. The van der Waals surface area contributed by atoms with E-state index in [1.54, 1.807) is 18.2 Å². The average molecular weight is 504 g/mol. The van der Waals surface area contributed by atoms with Crippen LogP contribution in [0.15, 0.2) is 42.5 Å². The molecule has 8 heteroatoms. The molecule has 37 heavy (non-hydrogen) atoms. The number of likely N-dealkylation sites (tertiary alicyclic amines) is 1. The molecule has 0 aromatic heterocycles. The molecule has 5 rings (SSSR count). The van der Waals surface area contributed by atoms with Crippen molar-refractivity contribution in [3.05, 3.63) is 64.7 Å². The quantitative estimate of drug-likeness (QED) is 0.581. The molecular weight excluding hydrogens is 470 g/mol. The molecule has 2 aromatic rings. The highest BCUT2D eigenvalue weighted by Crippen LogP contribution is 2.34. The monoisotopic (exact) mass is 503 g/mol. The normalized spacial score (nSPS) is 20.9. The number of benzene rings is 2. The molecule has 1 N–H and O–H groups in total. The highest BCUT2D eigenvalue weighted by atomic mass is 16.5. The Kier molecular flexibility index (Phi) is 7.11. The van der Waals surface area contributed by atoms with Crippen LogP contribution >= 0.6 is 0 Å². The third kappa shape index (κ3) is 5.16. The number of carbonyl (C=O) groups is 4. The van der Waals surface area contributed by atoms with Gasteiger partial charge in [0.2, 0.25) is 11.8 Å². The van der Waals surface area contributed by atoms with Crippen molar-refractivity contribution in [2.75, 3.05) is 13.1 Å². The van der Waals surface area contributed by atoms with Crippen LogP contribution in [0.25, 0.3) is 0 Å². The maximum atomic E-state index is 13.2. The van der Waals surface area contributed by atoms with Crippen LogP contribution in [0.5, 0.6) is 5.75 Å². The molecule has 2 saturated heterocycles. The van der Waals surface area contributed by atoms with Gasteiger partial charge in [-0.05, 0) is 67.4 Å². The number of nitrogens with one attached hydrogen (secondary N) is 1.